The van der Waals surface area contributed by atoms with Crippen LogP contribution in [0.5, 0.6) is 0 Å². The van der Waals surface area contributed by atoms with E-state index < -0.39 is 18.0 Å². The number of hydrogen-bond acceptors (Lipinski definition) is 4. The highest BCUT2D eigenvalue weighted by Gasteiger charge is 2.56. The van der Waals surface area contributed by atoms with Gasteiger partial charge in [0.05, 0.1) is 18.1 Å². The van der Waals surface area contributed by atoms with Gasteiger partial charge in [-0.25, -0.2) is 9.36 Å². The third-order valence-electron chi connectivity index (χ3n) is 4.71. The van der Waals surface area contributed by atoms with Crippen LogP contribution in [0.25, 0.3) is 0 Å². The Morgan fingerprint density at radius 1 is 1.54 bits per heavy atom. The average Bonchev–Trinajstić information content (AvgIpc) is 2.80. The smallest absolute Gasteiger partial charge is 0.353 e. The minimum Gasteiger partial charge on any atom is -0.477 e. The van der Waals surface area contributed by atoms with Crippen LogP contribution in [0.3, 0.4) is 0 Å². The molecule has 2 aliphatic heterocycles. The minimum atomic E-state index is -1.08. The van der Waals surface area contributed by atoms with Gasteiger partial charge in [-0.3, -0.25) is 4.79 Å². The largest absolute Gasteiger partial charge is 0.477 e. The molecular weight excluding hydrogens is 328 g/mol. The Hall–Kier alpha value is -1.86. The Labute approximate surface area is 144 Å². The lowest BCUT2D eigenvalue weighted by Gasteiger charge is -2.44. The van der Waals surface area contributed by atoms with E-state index in [4.69, 9.17) is 0 Å². The predicted molar refractivity (Wildman–Crippen MR) is 88.7 cm³/mol. The number of carboxylic acids is 1. The summed E-state index contributed by atoms with van der Waals surface area (Å²) in [7, 11) is 1.96. The Morgan fingerprint density at radius 2 is 2.25 bits per heavy atom. The Kier molecular flexibility index (Phi) is 4.40. The Morgan fingerprint density at radius 3 is 2.83 bits per heavy atom. The van der Waals surface area contributed by atoms with Crippen LogP contribution in [0.1, 0.15) is 24.5 Å². The van der Waals surface area contributed by atoms with Gasteiger partial charge in [0.1, 0.15) is 12.7 Å². The number of pyridine rings is 1. The van der Waals surface area contributed by atoms with Crippen LogP contribution in [0.2, 0.25) is 0 Å². The van der Waals surface area contributed by atoms with Crippen LogP contribution in [-0.4, -0.2) is 39.1 Å². The summed E-state index contributed by atoms with van der Waals surface area (Å²) in [6.45, 7) is 3.61. The molecular formula is C17H21N2O4S+. The summed E-state index contributed by atoms with van der Waals surface area (Å²) in [6.07, 6.45) is 3.74. The summed E-state index contributed by atoms with van der Waals surface area (Å²) in [5.41, 5.74) is 2.37. The second-order valence-electron chi connectivity index (χ2n) is 6.43. The standard InChI is InChI=1S/C17H20N2O4S/c1-9-7-18(3)5-4-11(9)8-24-13-6-12-14(10(2)20)16(21)19(12)15(13)17(22)23/h4-5,7,10,12,14,20H,6,8H2,1-3H3/p+1/t10?,12-,14-/m1/s1. The summed E-state index contributed by atoms with van der Waals surface area (Å²) < 4.78 is 1.97. The lowest BCUT2D eigenvalue weighted by atomic mass is 9.83. The van der Waals surface area contributed by atoms with Crippen molar-refractivity contribution in [3.63, 3.8) is 0 Å². The second kappa shape index (κ2) is 6.22. The van der Waals surface area contributed by atoms with Crippen LogP contribution in [0.4, 0.5) is 0 Å². The van der Waals surface area contributed by atoms with Crippen LogP contribution >= 0.6 is 11.8 Å². The molecule has 3 rings (SSSR count). The predicted octanol–water partition coefficient (Wildman–Crippen LogP) is 0.960. The van der Waals surface area contributed by atoms with Gasteiger partial charge in [-0.1, -0.05) is 0 Å². The lowest BCUT2D eigenvalue weighted by Crippen LogP contribution is -2.61. The van der Waals surface area contributed by atoms with E-state index in [0.717, 1.165) is 16.0 Å². The molecule has 1 aromatic heterocycles. The number of hydrogen-bond donors (Lipinski definition) is 2. The molecule has 0 aromatic carbocycles. The van der Waals surface area contributed by atoms with Crippen LogP contribution < -0.4 is 4.57 Å². The van der Waals surface area contributed by atoms with Crippen molar-refractivity contribution in [2.24, 2.45) is 13.0 Å². The highest BCUT2D eigenvalue weighted by atomic mass is 32.2. The maximum Gasteiger partial charge on any atom is 0.353 e. The van der Waals surface area contributed by atoms with E-state index in [1.165, 1.54) is 16.7 Å². The monoisotopic (exact) mass is 349 g/mol. The number of fused-ring (bicyclic) bond motifs is 1. The SMILES string of the molecule is Cc1c[n+](C)ccc1CSC1=C(C(=O)O)N2C(=O)[C@H](C(C)O)[C@H]2C1. The molecule has 2 N–H and O–H groups in total. The number of rotatable bonds is 5. The quantitative estimate of drug-likeness (QED) is 0.611. The first-order valence-electron chi connectivity index (χ1n) is 7.86. The number of nitrogens with zero attached hydrogens (tertiary/aromatic N) is 2. The second-order valence-corrected chi connectivity index (χ2v) is 7.50. The molecule has 1 fully saturated rings. The first-order valence-corrected chi connectivity index (χ1v) is 8.85. The lowest BCUT2D eigenvalue weighted by molar-refractivity contribution is -0.671. The molecule has 3 atom stereocenters. The normalized spacial score (nSPS) is 24.0. The molecule has 1 saturated heterocycles. The summed E-state index contributed by atoms with van der Waals surface area (Å²) >= 11 is 1.47. The minimum absolute atomic E-state index is 0.0889. The molecule has 0 bridgehead atoms. The first-order chi connectivity index (χ1) is 11.3. The number of aliphatic hydroxyl groups excluding tert-OH is 1. The van der Waals surface area contributed by atoms with Gasteiger partial charge in [0, 0.05) is 28.7 Å². The highest BCUT2D eigenvalue weighted by Crippen LogP contribution is 2.47. The number of carbonyl (C=O) groups excluding carboxylic acids is 1. The number of amides is 1. The number of β-lactam (4-membered cyclic amide) rings is 1. The maximum atomic E-state index is 12.2. The maximum absolute atomic E-state index is 12.2. The molecule has 7 heteroatoms. The topological polar surface area (TPSA) is 81.7 Å². The molecule has 1 aromatic rings. The van der Waals surface area contributed by atoms with Crippen LogP contribution in [0.15, 0.2) is 29.1 Å². The fraction of sp³-hybridized carbons (Fsp3) is 0.471. The van der Waals surface area contributed by atoms with Gasteiger partial charge in [-0.05, 0) is 19.4 Å². The zero-order chi connectivity index (χ0) is 17.6. The van der Waals surface area contributed by atoms with E-state index in [1.54, 1.807) is 6.92 Å². The Bertz CT molecular complexity index is 744. The molecule has 3 heterocycles. The van der Waals surface area contributed by atoms with Crippen molar-refractivity contribution in [1.29, 1.82) is 0 Å². The molecule has 1 amide bonds. The highest BCUT2D eigenvalue weighted by molar-refractivity contribution is 8.02. The number of aryl methyl sites for hydroxylation is 2. The van der Waals surface area contributed by atoms with Crippen molar-refractivity contribution in [2.75, 3.05) is 0 Å². The molecule has 0 aliphatic carbocycles. The van der Waals surface area contributed by atoms with E-state index >= 15 is 0 Å². The molecule has 1 unspecified atom stereocenters. The van der Waals surface area contributed by atoms with E-state index in [1.807, 2.05) is 37.0 Å². The summed E-state index contributed by atoms with van der Waals surface area (Å²) in [5.74, 6) is -1.19. The fourth-order valence-electron chi connectivity index (χ4n) is 3.46. The van der Waals surface area contributed by atoms with Crippen LogP contribution in [-0.2, 0) is 22.4 Å². The molecule has 0 spiro atoms. The van der Waals surface area contributed by atoms with Gasteiger partial charge >= 0.3 is 5.97 Å². The van der Waals surface area contributed by atoms with Gasteiger partial charge < -0.3 is 15.1 Å². The van der Waals surface area contributed by atoms with Gasteiger partial charge in [0.25, 0.3) is 0 Å². The number of thioether (sulfide) groups is 1. The number of aliphatic hydroxyl groups is 1. The summed E-state index contributed by atoms with van der Waals surface area (Å²) in [6, 6.07) is 1.80. The summed E-state index contributed by atoms with van der Waals surface area (Å²) in [5, 5.41) is 19.3. The molecule has 0 saturated carbocycles. The average molecular weight is 349 g/mol. The third kappa shape index (κ3) is 2.71. The fourth-order valence-corrected chi connectivity index (χ4v) is 4.72. The zero-order valence-corrected chi connectivity index (χ0v) is 14.7. The number of aliphatic carboxylic acids is 1. The zero-order valence-electron chi connectivity index (χ0n) is 13.9. The molecule has 0 radical (unpaired) electrons. The van der Waals surface area contributed by atoms with Gasteiger partial charge in [0.15, 0.2) is 12.4 Å². The van der Waals surface area contributed by atoms with E-state index in [2.05, 4.69) is 0 Å². The van der Waals surface area contributed by atoms with Crippen molar-refractivity contribution < 1.29 is 24.4 Å². The van der Waals surface area contributed by atoms with Gasteiger partial charge in [-0.15, -0.1) is 11.8 Å². The first kappa shape index (κ1) is 17.0. The van der Waals surface area contributed by atoms with Crippen molar-refractivity contribution >= 4 is 23.6 Å². The van der Waals surface area contributed by atoms with Crippen molar-refractivity contribution in [3.8, 4) is 0 Å². The number of carbonyl (C=O) groups is 2. The molecule has 128 valence electrons. The summed E-state index contributed by atoms with van der Waals surface area (Å²) in [4.78, 5) is 25.8. The number of carboxylic acid groups (broad SMARTS) is 1. The van der Waals surface area contributed by atoms with Crippen molar-refractivity contribution in [1.82, 2.24) is 4.90 Å². The van der Waals surface area contributed by atoms with E-state index in [0.29, 0.717) is 12.2 Å². The molecule has 24 heavy (non-hydrogen) atoms. The van der Waals surface area contributed by atoms with E-state index in [9.17, 15) is 19.8 Å². The molecule has 2 aliphatic rings. The van der Waals surface area contributed by atoms with Crippen LogP contribution in [0, 0.1) is 12.8 Å². The molecule has 6 nitrogen and oxygen atoms in total. The van der Waals surface area contributed by atoms with Crippen molar-refractivity contribution in [3.05, 3.63) is 40.2 Å². The van der Waals surface area contributed by atoms with E-state index in [-0.39, 0.29) is 17.6 Å². The number of aromatic nitrogens is 1. The van der Waals surface area contributed by atoms with Gasteiger partial charge in [0.2, 0.25) is 5.91 Å². The third-order valence-corrected chi connectivity index (χ3v) is 5.87. The van der Waals surface area contributed by atoms with Crippen molar-refractivity contribution in [2.45, 2.75) is 38.2 Å². The van der Waals surface area contributed by atoms with Gasteiger partial charge in [-0.2, -0.15) is 0 Å². The Balaban J connectivity index is 1.80.